The van der Waals surface area contributed by atoms with Crippen molar-refractivity contribution in [1.82, 2.24) is 15.1 Å². The molecule has 94 valence electrons. The Hall–Kier alpha value is -0.290. The molecule has 16 heavy (non-hydrogen) atoms. The summed E-state index contributed by atoms with van der Waals surface area (Å²) in [5.74, 6) is 0. The van der Waals surface area contributed by atoms with Crippen LogP contribution in [0, 0.1) is 0 Å². The summed E-state index contributed by atoms with van der Waals surface area (Å²) in [5, 5.41) is 7.40. The van der Waals surface area contributed by atoms with Gasteiger partial charge in [-0.2, -0.15) is 5.10 Å². The Morgan fingerprint density at radius 3 is 3.00 bits per heavy atom. The first-order chi connectivity index (χ1) is 6.88. The smallest absolute Gasteiger partial charge is 0.0771 e. The van der Waals surface area contributed by atoms with Crippen molar-refractivity contribution in [1.29, 1.82) is 0 Å². The molecule has 6 heteroatoms. The van der Waals surface area contributed by atoms with Crippen LogP contribution in [-0.2, 0) is 17.8 Å². The zero-order valence-corrected chi connectivity index (χ0v) is 11.0. The molecule has 0 aromatic carbocycles. The van der Waals surface area contributed by atoms with Crippen LogP contribution in [0.25, 0.3) is 0 Å². The topological polar surface area (TPSA) is 39.1 Å². The summed E-state index contributed by atoms with van der Waals surface area (Å²) in [5.41, 5.74) is 1.23. The molecule has 1 fully saturated rings. The predicted molar refractivity (Wildman–Crippen MR) is 68.5 cm³/mol. The summed E-state index contributed by atoms with van der Waals surface area (Å²) in [6, 6.07) is 0. The van der Waals surface area contributed by atoms with Gasteiger partial charge in [-0.3, -0.25) is 4.68 Å². The van der Waals surface area contributed by atoms with Gasteiger partial charge in [0.25, 0.3) is 0 Å². The normalized spacial score (nSPS) is 18.9. The molecule has 1 unspecified atom stereocenters. The molecule has 0 radical (unpaired) electrons. The highest BCUT2D eigenvalue weighted by Gasteiger charge is 2.16. The predicted octanol–water partition coefficient (Wildman–Crippen LogP) is 1.63. The second kappa shape index (κ2) is 7.90. The van der Waals surface area contributed by atoms with Crippen LogP contribution in [0.5, 0.6) is 0 Å². The molecule has 1 aliphatic rings. The summed E-state index contributed by atoms with van der Waals surface area (Å²) in [6.07, 6.45) is 6.72. The second-order valence-corrected chi connectivity index (χ2v) is 3.74. The van der Waals surface area contributed by atoms with Gasteiger partial charge in [-0.05, 0) is 19.9 Å². The molecule has 0 spiro atoms. The number of rotatable bonds is 4. The average Bonchev–Trinajstić information content (AvgIpc) is 2.79. The van der Waals surface area contributed by atoms with Gasteiger partial charge in [-0.1, -0.05) is 0 Å². The highest BCUT2D eigenvalue weighted by molar-refractivity contribution is 5.85. The maximum absolute atomic E-state index is 5.55. The molecule has 2 rings (SSSR count). The summed E-state index contributed by atoms with van der Waals surface area (Å²) >= 11 is 0. The van der Waals surface area contributed by atoms with Gasteiger partial charge in [-0.15, -0.1) is 24.8 Å². The molecule has 4 nitrogen and oxygen atoms in total. The third-order valence-electron chi connectivity index (χ3n) is 2.48. The fraction of sp³-hybridized carbons (Fsp3) is 0.700. The minimum atomic E-state index is 0. The van der Waals surface area contributed by atoms with E-state index in [9.17, 15) is 0 Å². The van der Waals surface area contributed by atoms with Gasteiger partial charge in [0, 0.05) is 24.9 Å². The lowest BCUT2D eigenvalue weighted by Gasteiger charge is -2.08. The molecule has 1 N–H and O–H groups in total. The lowest BCUT2D eigenvalue weighted by molar-refractivity contribution is 0.0940. The standard InChI is InChI=1S/C10H17N3O.2ClH/c1-11-5-9-6-12-13(7-9)8-10-3-2-4-14-10;;/h6-7,10-11H,2-5,8H2,1H3;2*1H. The lowest BCUT2D eigenvalue weighted by atomic mass is 10.2. The number of hydrogen-bond acceptors (Lipinski definition) is 3. The quantitative estimate of drug-likeness (QED) is 0.902. The van der Waals surface area contributed by atoms with Crippen molar-refractivity contribution in [2.45, 2.75) is 32.0 Å². The number of aromatic nitrogens is 2. The molecule has 0 amide bonds. The van der Waals surface area contributed by atoms with E-state index in [1.54, 1.807) is 0 Å². The first-order valence-corrected chi connectivity index (χ1v) is 5.16. The minimum absolute atomic E-state index is 0. The molecular formula is C10H19Cl2N3O. The molecule has 1 saturated heterocycles. The number of hydrogen-bond donors (Lipinski definition) is 1. The fourth-order valence-corrected chi connectivity index (χ4v) is 1.80. The molecule has 1 aromatic rings. The van der Waals surface area contributed by atoms with Crippen molar-refractivity contribution >= 4 is 24.8 Å². The third-order valence-corrected chi connectivity index (χ3v) is 2.48. The van der Waals surface area contributed by atoms with E-state index in [2.05, 4.69) is 16.6 Å². The Labute approximate surface area is 109 Å². The number of nitrogens with zero attached hydrogens (tertiary/aromatic N) is 2. The molecule has 1 atom stereocenters. The Morgan fingerprint density at radius 1 is 1.56 bits per heavy atom. The lowest BCUT2D eigenvalue weighted by Crippen LogP contribution is -2.15. The Bertz CT molecular complexity index is 287. The zero-order chi connectivity index (χ0) is 9.80. The molecule has 0 saturated carbocycles. The van der Waals surface area contributed by atoms with E-state index < -0.39 is 0 Å². The molecule has 1 aliphatic heterocycles. The van der Waals surface area contributed by atoms with Gasteiger partial charge in [0.2, 0.25) is 0 Å². The average molecular weight is 268 g/mol. The van der Waals surface area contributed by atoms with Gasteiger partial charge in [0.05, 0.1) is 18.8 Å². The van der Waals surface area contributed by atoms with E-state index in [4.69, 9.17) is 4.74 Å². The van der Waals surface area contributed by atoms with E-state index in [1.165, 1.54) is 18.4 Å². The van der Waals surface area contributed by atoms with Crippen LogP contribution in [0.2, 0.25) is 0 Å². The van der Waals surface area contributed by atoms with Crippen LogP contribution in [0.15, 0.2) is 12.4 Å². The van der Waals surface area contributed by atoms with Crippen LogP contribution >= 0.6 is 24.8 Å². The van der Waals surface area contributed by atoms with Crippen LogP contribution in [0.1, 0.15) is 18.4 Å². The van der Waals surface area contributed by atoms with Gasteiger partial charge in [0.15, 0.2) is 0 Å². The van der Waals surface area contributed by atoms with Crippen molar-refractivity contribution in [3.8, 4) is 0 Å². The summed E-state index contributed by atoms with van der Waals surface area (Å²) in [7, 11) is 1.94. The molecule has 0 aliphatic carbocycles. The third kappa shape index (κ3) is 4.29. The van der Waals surface area contributed by atoms with Gasteiger partial charge >= 0.3 is 0 Å². The van der Waals surface area contributed by atoms with E-state index in [0.29, 0.717) is 6.10 Å². The fourth-order valence-electron chi connectivity index (χ4n) is 1.80. The van der Waals surface area contributed by atoms with E-state index >= 15 is 0 Å². The van der Waals surface area contributed by atoms with Gasteiger partial charge in [0.1, 0.15) is 0 Å². The molecule has 0 bridgehead atoms. The largest absolute Gasteiger partial charge is 0.376 e. The summed E-state index contributed by atoms with van der Waals surface area (Å²) in [6.45, 7) is 2.69. The first kappa shape index (κ1) is 15.7. The van der Waals surface area contributed by atoms with E-state index in [1.807, 2.05) is 17.9 Å². The SMILES string of the molecule is CNCc1cnn(CC2CCCO2)c1.Cl.Cl. The van der Waals surface area contributed by atoms with Crippen molar-refractivity contribution in [3.05, 3.63) is 18.0 Å². The van der Waals surface area contributed by atoms with Crippen molar-refractivity contribution in [3.63, 3.8) is 0 Å². The van der Waals surface area contributed by atoms with Gasteiger partial charge in [-0.25, -0.2) is 0 Å². The molecule has 2 heterocycles. The maximum atomic E-state index is 5.55. The summed E-state index contributed by atoms with van der Waals surface area (Å²) in [4.78, 5) is 0. The zero-order valence-electron chi connectivity index (χ0n) is 9.39. The number of nitrogens with one attached hydrogen (secondary N) is 1. The van der Waals surface area contributed by atoms with Crippen LogP contribution in [0.4, 0.5) is 0 Å². The van der Waals surface area contributed by atoms with E-state index in [0.717, 1.165) is 19.7 Å². The Balaban J connectivity index is 0.00000112. The minimum Gasteiger partial charge on any atom is -0.376 e. The van der Waals surface area contributed by atoms with E-state index in [-0.39, 0.29) is 24.8 Å². The monoisotopic (exact) mass is 267 g/mol. The van der Waals surface area contributed by atoms with Crippen LogP contribution in [-0.4, -0.2) is 29.5 Å². The Kier molecular flexibility index (Phi) is 7.76. The van der Waals surface area contributed by atoms with Crippen LogP contribution < -0.4 is 5.32 Å². The maximum Gasteiger partial charge on any atom is 0.0771 e. The van der Waals surface area contributed by atoms with Crippen molar-refractivity contribution < 1.29 is 4.74 Å². The molecule has 1 aromatic heterocycles. The van der Waals surface area contributed by atoms with Crippen LogP contribution in [0.3, 0.4) is 0 Å². The number of halogens is 2. The first-order valence-electron chi connectivity index (χ1n) is 5.16. The highest BCUT2D eigenvalue weighted by Crippen LogP contribution is 2.13. The number of ether oxygens (including phenoxy) is 1. The highest BCUT2D eigenvalue weighted by atomic mass is 35.5. The van der Waals surface area contributed by atoms with Gasteiger partial charge < -0.3 is 10.1 Å². The van der Waals surface area contributed by atoms with Crippen molar-refractivity contribution in [2.24, 2.45) is 0 Å². The second-order valence-electron chi connectivity index (χ2n) is 3.74. The summed E-state index contributed by atoms with van der Waals surface area (Å²) < 4.78 is 7.52. The van der Waals surface area contributed by atoms with Crippen molar-refractivity contribution in [2.75, 3.05) is 13.7 Å². The Morgan fingerprint density at radius 2 is 2.38 bits per heavy atom. The molecular weight excluding hydrogens is 249 g/mol.